The third-order valence-corrected chi connectivity index (χ3v) is 5.48. The van der Waals surface area contributed by atoms with Crippen LogP contribution in [0.5, 0.6) is 0 Å². The van der Waals surface area contributed by atoms with Gasteiger partial charge in [0.15, 0.2) is 0 Å². The highest BCUT2D eigenvalue weighted by molar-refractivity contribution is 7.91. The molecule has 2 fully saturated rings. The van der Waals surface area contributed by atoms with E-state index in [2.05, 4.69) is 0 Å². The van der Waals surface area contributed by atoms with Crippen molar-refractivity contribution >= 4 is 15.7 Å². The number of rotatable bonds is 2. The summed E-state index contributed by atoms with van der Waals surface area (Å²) in [6, 6.07) is 0.344. The fraction of sp³-hybridized carbons (Fsp3) is 0.909. The molecule has 16 heavy (non-hydrogen) atoms. The molecule has 2 saturated heterocycles. The number of hydrogen-bond donors (Lipinski definition) is 0. The van der Waals surface area contributed by atoms with Gasteiger partial charge in [0.05, 0.1) is 5.25 Å². The zero-order chi connectivity index (χ0) is 11.9. The lowest BCUT2D eigenvalue weighted by Gasteiger charge is -2.38. The molecule has 2 aliphatic heterocycles. The summed E-state index contributed by atoms with van der Waals surface area (Å²) < 4.78 is 23.1. The standard InChI is InChI=1S/C11H19NO3S/c1-3-11(13)12-8-4-5-9(12)7-10(6-8)16(2,14)15/h8-10H,3-7H2,1-2H3. The van der Waals surface area contributed by atoms with Crippen molar-refractivity contribution in [3.8, 4) is 0 Å². The van der Waals surface area contributed by atoms with E-state index < -0.39 is 9.84 Å². The molecule has 0 aromatic heterocycles. The van der Waals surface area contributed by atoms with Crippen LogP contribution in [0.1, 0.15) is 39.0 Å². The van der Waals surface area contributed by atoms with Crippen molar-refractivity contribution in [2.45, 2.75) is 56.4 Å². The Balaban J connectivity index is 2.16. The van der Waals surface area contributed by atoms with Crippen molar-refractivity contribution in [3.05, 3.63) is 0 Å². The maximum atomic E-state index is 11.8. The molecule has 0 saturated carbocycles. The first kappa shape index (κ1) is 11.9. The predicted molar refractivity (Wildman–Crippen MR) is 61.8 cm³/mol. The van der Waals surface area contributed by atoms with Gasteiger partial charge in [-0.2, -0.15) is 0 Å². The minimum atomic E-state index is -2.95. The van der Waals surface area contributed by atoms with Crippen LogP contribution in [-0.2, 0) is 14.6 Å². The van der Waals surface area contributed by atoms with E-state index in [4.69, 9.17) is 0 Å². The SMILES string of the molecule is CCC(=O)N1C2CCC1CC(S(C)(=O)=O)C2. The largest absolute Gasteiger partial charge is 0.337 e. The molecule has 2 unspecified atom stereocenters. The predicted octanol–water partition coefficient (Wildman–Crippen LogP) is 0.963. The normalized spacial score (nSPS) is 34.1. The summed E-state index contributed by atoms with van der Waals surface area (Å²) in [4.78, 5) is 13.7. The maximum Gasteiger partial charge on any atom is 0.222 e. The fourth-order valence-electron chi connectivity index (χ4n) is 3.07. The van der Waals surface area contributed by atoms with Crippen molar-refractivity contribution in [3.63, 3.8) is 0 Å². The lowest BCUT2D eigenvalue weighted by Crippen LogP contribution is -2.49. The van der Waals surface area contributed by atoms with Crippen LogP contribution in [-0.4, -0.2) is 42.8 Å². The van der Waals surface area contributed by atoms with Crippen LogP contribution in [0.3, 0.4) is 0 Å². The van der Waals surface area contributed by atoms with Crippen LogP contribution < -0.4 is 0 Å². The first-order valence-corrected chi connectivity index (χ1v) is 7.89. The highest BCUT2D eigenvalue weighted by atomic mass is 32.2. The second-order valence-corrected chi connectivity index (χ2v) is 7.29. The Morgan fingerprint density at radius 1 is 1.25 bits per heavy atom. The Morgan fingerprint density at radius 3 is 2.12 bits per heavy atom. The molecule has 2 heterocycles. The topological polar surface area (TPSA) is 54.5 Å². The van der Waals surface area contributed by atoms with Crippen molar-refractivity contribution in [2.24, 2.45) is 0 Å². The Labute approximate surface area is 96.9 Å². The zero-order valence-electron chi connectivity index (χ0n) is 9.85. The number of hydrogen-bond acceptors (Lipinski definition) is 3. The zero-order valence-corrected chi connectivity index (χ0v) is 10.7. The van der Waals surface area contributed by atoms with Gasteiger partial charge in [-0.25, -0.2) is 8.42 Å². The summed E-state index contributed by atoms with van der Waals surface area (Å²) >= 11 is 0. The van der Waals surface area contributed by atoms with Crippen LogP contribution in [0.25, 0.3) is 0 Å². The van der Waals surface area contributed by atoms with Gasteiger partial charge in [-0.15, -0.1) is 0 Å². The van der Waals surface area contributed by atoms with Crippen LogP contribution in [0.4, 0.5) is 0 Å². The third-order valence-electron chi connectivity index (χ3n) is 3.89. The van der Waals surface area contributed by atoms with E-state index >= 15 is 0 Å². The molecule has 0 aromatic rings. The van der Waals surface area contributed by atoms with Crippen molar-refractivity contribution in [2.75, 3.05) is 6.26 Å². The number of carbonyl (C=O) groups is 1. The van der Waals surface area contributed by atoms with Gasteiger partial charge in [-0.3, -0.25) is 4.79 Å². The van der Waals surface area contributed by atoms with Crippen LogP contribution in [0.15, 0.2) is 0 Å². The minimum absolute atomic E-state index is 0.172. The number of piperidine rings is 1. The van der Waals surface area contributed by atoms with E-state index in [1.807, 2.05) is 11.8 Å². The molecule has 2 aliphatic rings. The molecule has 0 aromatic carbocycles. The Morgan fingerprint density at radius 2 is 1.75 bits per heavy atom. The number of sulfone groups is 1. The van der Waals surface area contributed by atoms with E-state index in [9.17, 15) is 13.2 Å². The number of amides is 1. The van der Waals surface area contributed by atoms with E-state index in [-0.39, 0.29) is 23.2 Å². The summed E-state index contributed by atoms with van der Waals surface area (Å²) in [5.74, 6) is 0.180. The van der Waals surface area contributed by atoms with E-state index in [0.29, 0.717) is 19.3 Å². The van der Waals surface area contributed by atoms with Crippen molar-refractivity contribution in [1.82, 2.24) is 4.90 Å². The molecule has 4 nitrogen and oxygen atoms in total. The monoisotopic (exact) mass is 245 g/mol. The lowest BCUT2D eigenvalue weighted by molar-refractivity contribution is -0.135. The average molecular weight is 245 g/mol. The molecule has 92 valence electrons. The molecule has 2 atom stereocenters. The highest BCUT2D eigenvalue weighted by Gasteiger charge is 2.45. The Hall–Kier alpha value is -0.580. The molecule has 5 heteroatoms. The first-order chi connectivity index (χ1) is 7.43. The van der Waals surface area contributed by atoms with E-state index in [1.54, 1.807) is 0 Å². The molecular weight excluding hydrogens is 226 g/mol. The Kier molecular flexibility index (Phi) is 2.99. The van der Waals surface area contributed by atoms with Gasteiger partial charge < -0.3 is 4.90 Å². The quantitative estimate of drug-likeness (QED) is 0.728. The lowest BCUT2D eigenvalue weighted by atomic mass is 10.0. The fourth-order valence-corrected chi connectivity index (χ4v) is 4.21. The van der Waals surface area contributed by atoms with Gasteiger partial charge in [0.2, 0.25) is 5.91 Å². The number of nitrogens with zero attached hydrogens (tertiary/aromatic N) is 1. The third kappa shape index (κ3) is 1.97. The minimum Gasteiger partial charge on any atom is -0.337 e. The van der Waals surface area contributed by atoms with Crippen LogP contribution in [0.2, 0.25) is 0 Å². The summed E-state index contributed by atoms with van der Waals surface area (Å²) in [6.07, 6.45) is 5.07. The summed E-state index contributed by atoms with van der Waals surface area (Å²) in [7, 11) is -2.95. The van der Waals surface area contributed by atoms with E-state index in [0.717, 1.165) is 12.8 Å². The van der Waals surface area contributed by atoms with Crippen LogP contribution >= 0.6 is 0 Å². The number of fused-ring (bicyclic) bond motifs is 2. The van der Waals surface area contributed by atoms with Crippen molar-refractivity contribution < 1.29 is 13.2 Å². The van der Waals surface area contributed by atoms with Crippen LogP contribution in [0, 0.1) is 0 Å². The Bertz CT molecular complexity index is 376. The molecule has 1 amide bonds. The second-order valence-electron chi connectivity index (χ2n) is 4.96. The van der Waals surface area contributed by atoms with Crippen molar-refractivity contribution in [1.29, 1.82) is 0 Å². The second kappa shape index (κ2) is 4.02. The maximum absolute atomic E-state index is 11.8. The summed E-state index contributed by atoms with van der Waals surface area (Å²) in [6.45, 7) is 1.87. The molecule has 2 bridgehead atoms. The molecule has 0 radical (unpaired) electrons. The molecule has 0 spiro atoms. The average Bonchev–Trinajstić information content (AvgIpc) is 2.46. The van der Waals surface area contributed by atoms with Gasteiger partial charge in [0.1, 0.15) is 9.84 Å². The summed E-state index contributed by atoms with van der Waals surface area (Å²) in [5, 5.41) is -0.231. The van der Waals surface area contributed by atoms with Gasteiger partial charge >= 0.3 is 0 Å². The molecule has 2 rings (SSSR count). The molecule has 0 N–H and O–H groups in total. The molecule has 0 aliphatic carbocycles. The van der Waals surface area contributed by atoms with E-state index in [1.165, 1.54) is 6.26 Å². The first-order valence-electron chi connectivity index (χ1n) is 5.93. The smallest absolute Gasteiger partial charge is 0.222 e. The van der Waals surface area contributed by atoms with Gasteiger partial charge in [0, 0.05) is 24.8 Å². The highest BCUT2D eigenvalue weighted by Crippen LogP contribution is 2.38. The van der Waals surface area contributed by atoms with Gasteiger partial charge in [-0.1, -0.05) is 6.92 Å². The van der Waals surface area contributed by atoms with Gasteiger partial charge in [0.25, 0.3) is 0 Å². The summed E-state index contributed by atoms with van der Waals surface area (Å²) in [5.41, 5.74) is 0. The van der Waals surface area contributed by atoms with Gasteiger partial charge in [-0.05, 0) is 25.7 Å². The molecular formula is C11H19NO3S. The number of carbonyl (C=O) groups excluding carboxylic acids is 1.